The van der Waals surface area contributed by atoms with Gasteiger partial charge in [0.2, 0.25) is 0 Å². The van der Waals surface area contributed by atoms with Gasteiger partial charge in [-0.25, -0.2) is 4.39 Å². The molecule has 6 nitrogen and oxygen atoms in total. The second-order valence-electron chi connectivity index (χ2n) is 7.04. The van der Waals surface area contributed by atoms with Crippen LogP contribution in [0.15, 0.2) is 78.6 Å². The van der Waals surface area contributed by atoms with Crippen LogP contribution in [-0.4, -0.2) is 33.8 Å². The van der Waals surface area contributed by atoms with Crippen molar-refractivity contribution in [2.24, 2.45) is 0 Å². The minimum absolute atomic E-state index is 0.0340. The lowest BCUT2D eigenvalue weighted by molar-refractivity contribution is -0.140. The molecule has 2 aromatic carbocycles. The molecule has 1 N–H and O–H groups in total. The maximum atomic E-state index is 14.8. The summed E-state index contributed by atoms with van der Waals surface area (Å²) in [6.07, 6.45) is 3.16. The van der Waals surface area contributed by atoms with Crippen LogP contribution in [0.5, 0.6) is 5.75 Å². The zero-order valence-corrected chi connectivity index (χ0v) is 16.7. The van der Waals surface area contributed by atoms with Crippen LogP contribution in [0.2, 0.25) is 0 Å². The molecule has 0 aliphatic carbocycles. The number of likely N-dealkylation sites (tertiary alicyclic amines) is 1. The summed E-state index contributed by atoms with van der Waals surface area (Å²) in [7, 11) is 1.48. The highest BCUT2D eigenvalue weighted by molar-refractivity contribution is 6.46. The van der Waals surface area contributed by atoms with E-state index in [4.69, 9.17) is 4.74 Å². The first-order valence-corrected chi connectivity index (χ1v) is 9.57. The van der Waals surface area contributed by atoms with Crippen molar-refractivity contribution in [2.45, 2.75) is 12.6 Å². The molecule has 7 heteroatoms. The lowest BCUT2D eigenvalue weighted by Crippen LogP contribution is -2.29. The van der Waals surface area contributed by atoms with E-state index in [0.29, 0.717) is 16.9 Å². The first kappa shape index (κ1) is 20.3. The zero-order chi connectivity index (χ0) is 22.0. The molecule has 3 aromatic rings. The van der Waals surface area contributed by atoms with Gasteiger partial charge >= 0.3 is 0 Å². The maximum Gasteiger partial charge on any atom is 0.295 e. The summed E-state index contributed by atoms with van der Waals surface area (Å²) < 4.78 is 20.0. The van der Waals surface area contributed by atoms with Gasteiger partial charge in [0, 0.05) is 30.1 Å². The largest absolute Gasteiger partial charge is 0.507 e. The van der Waals surface area contributed by atoms with Gasteiger partial charge in [0.1, 0.15) is 17.3 Å². The summed E-state index contributed by atoms with van der Waals surface area (Å²) in [6.45, 7) is 0.0340. The summed E-state index contributed by atoms with van der Waals surface area (Å²) >= 11 is 0. The normalized spacial score (nSPS) is 17.7. The molecule has 31 heavy (non-hydrogen) atoms. The minimum atomic E-state index is -1.09. The van der Waals surface area contributed by atoms with E-state index >= 15 is 0 Å². The highest BCUT2D eigenvalue weighted by atomic mass is 19.1. The van der Waals surface area contributed by atoms with Gasteiger partial charge in [-0.1, -0.05) is 36.4 Å². The minimum Gasteiger partial charge on any atom is -0.507 e. The molecule has 0 unspecified atom stereocenters. The van der Waals surface area contributed by atoms with Crippen LogP contribution in [-0.2, 0) is 16.1 Å². The summed E-state index contributed by atoms with van der Waals surface area (Å²) in [6, 6.07) is 14.7. The summed E-state index contributed by atoms with van der Waals surface area (Å²) in [5, 5.41) is 11.0. The van der Waals surface area contributed by atoms with Crippen LogP contribution < -0.4 is 4.74 Å². The maximum absolute atomic E-state index is 14.8. The number of rotatable bonds is 5. The average molecular weight is 418 g/mol. The molecule has 1 aromatic heterocycles. The third-order valence-corrected chi connectivity index (χ3v) is 5.16. The first-order valence-electron chi connectivity index (χ1n) is 9.57. The van der Waals surface area contributed by atoms with Gasteiger partial charge in [-0.15, -0.1) is 0 Å². The van der Waals surface area contributed by atoms with Crippen LogP contribution in [0.1, 0.15) is 22.7 Å². The molecule has 0 bridgehead atoms. The molecule has 2 heterocycles. The topological polar surface area (TPSA) is 79.7 Å². The van der Waals surface area contributed by atoms with Crippen LogP contribution >= 0.6 is 0 Å². The number of aliphatic hydroxyl groups excluding tert-OH is 1. The van der Waals surface area contributed by atoms with Crippen LogP contribution in [0.25, 0.3) is 5.76 Å². The number of methoxy groups -OCH3 is 1. The van der Waals surface area contributed by atoms with Crippen molar-refractivity contribution in [1.82, 2.24) is 9.88 Å². The smallest absolute Gasteiger partial charge is 0.295 e. The lowest BCUT2D eigenvalue weighted by atomic mass is 9.94. The van der Waals surface area contributed by atoms with Crippen molar-refractivity contribution in [3.05, 3.63) is 101 Å². The summed E-state index contributed by atoms with van der Waals surface area (Å²) in [5.74, 6) is -2.20. The number of aromatic nitrogens is 1. The SMILES string of the molecule is COc1cccc(C(O)=C2C(=O)C(=O)N(Cc3cccnc3)[C@@H]2c2ccccc2F)c1. The van der Waals surface area contributed by atoms with E-state index in [0.717, 1.165) is 0 Å². The Bertz CT molecular complexity index is 1180. The van der Waals surface area contributed by atoms with Crippen LogP contribution in [0.4, 0.5) is 4.39 Å². The van der Waals surface area contributed by atoms with Gasteiger partial charge in [0.25, 0.3) is 11.7 Å². The van der Waals surface area contributed by atoms with Gasteiger partial charge in [-0.3, -0.25) is 14.6 Å². The van der Waals surface area contributed by atoms with Crippen molar-refractivity contribution in [2.75, 3.05) is 7.11 Å². The van der Waals surface area contributed by atoms with Crippen LogP contribution in [0, 0.1) is 5.82 Å². The van der Waals surface area contributed by atoms with Crippen LogP contribution in [0.3, 0.4) is 0 Å². The molecule has 1 aliphatic heterocycles. The quantitative estimate of drug-likeness (QED) is 0.387. The monoisotopic (exact) mass is 418 g/mol. The highest BCUT2D eigenvalue weighted by Crippen LogP contribution is 2.41. The number of hydrogen-bond donors (Lipinski definition) is 1. The van der Waals surface area contributed by atoms with Crippen molar-refractivity contribution in [1.29, 1.82) is 0 Å². The van der Waals surface area contributed by atoms with Gasteiger partial charge in [0.05, 0.1) is 18.7 Å². The van der Waals surface area contributed by atoms with E-state index in [1.807, 2.05) is 0 Å². The van der Waals surface area contributed by atoms with Crippen molar-refractivity contribution in [3.63, 3.8) is 0 Å². The molecule has 4 rings (SSSR count). The van der Waals surface area contributed by atoms with Crippen molar-refractivity contribution >= 4 is 17.4 Å². The number of aliphatic hydroxyl groups is 1. The number of pyridine rings is 1. The number of ketones is 1. The third-order valence-electron chi connectivity index (χ3n) is 5.16. The van der Waals surface area contributed by atoms with E-state index < -0.39 is 23.5 Å². The number of benzene rings is 2. The second kappa shape index (κ2) is 8.39. The molecular formula is C24H19FN2O4. The molecule has 1 fully saturated rings. The van der Waals surface area contributed by atoms with Gasteiger partial charge in [-0.05, 0) is 29.8 Å². The average Bonchev–Trinajstić information content (AvgIpc) is 3.04. The Kier molecular flexibility index (Phi) is 5.49. The Morgan fingerprint density at radius 3 is 2.65 bits per heavy atom. The third kappa shape index (κ3) is 3.77. The molecule has 1 aliphatic rings. The van der Waals surface area contributed by atoms with E-state index in [9.17, 15) is 19.1 Å². The molecule has 0 radical (unpaired) electrons. The fraction of sp³-hybridized carbons (Fsp3) is 0.125. The standard InChI is InChI=1S/C24H19FN2O4/c1-31-17-8-4-7-16(12-17)22(28)20-21(18-9-2-3-10-19(18)25)27(24(30)23(20)29)14-15-6-5-11-26-13-15/h2-13,21,28H,14H2,1H3/t21-/m1/s1. The molecular weight excluding hydrogens is 399 g/mol. The number of halogens is 1. The van der Waals surface area contributed by atoms with E-state index in [1.165, 1.54) is 30.2 Å². The molecule has 156 valence electrons. The fourth-order valence-corrected chi connectivity index (χ4v) is 3.68. The number of carbonyl (C=O) groups is 2. The van der Waals surface area contributed by atoms with E-state index in [2.05, 4.69) is 4.98 Å². The number of nitrogens with zero attached hydrogens (tertiary/aromatic N) is 2. The van der Waals surface area contributed by atoms with Gasteiger partial charge < -0.3 is 14.7 Å². The Morgan fingerprint density at radius 2 is 1.94 bits per heavy atom. The predicted octanol–water partition coefficient (Wildman–Crippen LogP) is 3.85. The predicted molar refractivity (Wildman–Crippen MR) is 111 cm³/mol. The molecule has 1 amide bonds. The first-order chi connectivity index (χ1) is 15.0. The number of amides is 1. The molecule has 0 saturated carbocycles. The fourth-order valence-electron chi connectivity index (χ4n) is 3.68. The zero-order valence-electron chi connectivity index (χ0n) is 16.7. The Labute approximate surface area is 178 Å². The Balaban J connectivity index is 1.89. The lowest BCUT2D eigenvalue weighted by Gasteiger charge is -2.25. The van der Waals surface area contributed by atoms with E-state index in [1.54, 1.807) is 54.9 Å². The Hall–Kier alpha value is -4.00. The summed E-state index contributed by atoms with van der Waals surface area (Å²) in [4.78, 5) is 31.2. The number of Topliss-reactive ketones (excluding diaryl/α,β-unsaturated/α-hetero) is 1. The van der Waals surface area contributed by atoms with Gasteiger partial charge in [0.15, 0.2) is 0 Å². The van der Waals surface area contributed by atoms with E-state index in [-0.39, 0.29) is 23.4 Å². The molecule has 1 saturated heterocycles. The summed E-state index contributed by atoms with van der Waals surface area (Å²) in [5.41, 5.74) is 0.912. The highest BCUT2D eigenvalue weighted by Gasteiger charge is 2.47. The molecule has 0 spiro atoms. The van der Waals surface area contributed by atoms with Crippen molar-refractivity contribution < 1.29 is 23.8 Å². The number of hydrogen-bond acceptors (Lipinski definition) is 5. The van der Waals surface area contributed by atoms with Gasteiger partial charge in [-0.2, -0.15) is 0 Å². The number of ether oxygens (including phenoxy) is 1. The molecule has 1 atom stereocenters. The van der Waals surface area contributed by atoms with Crippen molar-refractivity contribution in [3.8, 4) is 5.75 Å². The number of carbonyl (C=O) groups excluding carboxylic acids is 2. The Morgan fingerprint density at radius 1 is 1.13 bits per heavy atom. The second-order valence-corrected chi connectivity index (χ2v) is 7.04.